The lowest BCUT2D eigenvalue weighted by Gasteiger charge is -2.19. The highest BCUT2D eigenvalue weighted by Gasteiger charge is 2.39. The predicted molar refractivity (Wildman–Crippen MR) is 68.8 cm³/mol. The number of rotatable bonds is 1. The van der Waals surface area contributed by atoms with Crippen molar-refractivity contribution in [1.82, 2.24) is 14.9 Å². The lowest BCUT2D eigenvalue weighted by atomic mass is 10.1. The minimum Gasteiger partial charge on any atom is -0.399 e. The number of nitrogens with zero attached hydrogens (tertiary/aromatic N) is 2. The molecule has 0 radical (unpaired) electrons. The van der Waals surface area contributed by atoms with Gasteiger partial charge in [0, 0.05) is 30.9 Å². The maximum Gasteiger partial charge on any atom is 0.449 e. The summed E-state index contributed by atoms with van der Waals surface area (Å²) >= 11 is 0. The lowest BCUT2D eigenvalue weighted by molar-refractivity contribution is -0.147. The van der Waals surface area contributed by atoms with Crippen molar-refractivity contribution in [3.05, 3.63) is 35.8 Å². The van der Waals surface area contributed by atoms with Gasteiger partial charge in [-0.2, -0.15) is 13.2 Å². The Balaban J connectivity index is 2.16. The molecule has 1 aromatic carbocycles. The Hall–Kier alpha value is -2.02. The normalized spacial score (nSPS) is 15.2. The zero-order valence-electron chi connectivity index (χ0n) is 10.5. The highest BCUT2D eigenvalue weighted by Crippen LogP contribution is 2.34. The SMILES string of the molecule is Nc1ccc(-c2nc(C(F)(F)F)n3c2CNCC3)cc1. The number of nitrogens with two attached hydrogens (primary N) is 1. The summed E-state index contributed by atoms with van der Waals surface area (Å²) in [6.07, 6.45) is -4.45. The Kier molecular flexibility index (Phi) is 2.93. The number of hydrogen-bond acceptors (Lipinski definition) is 3. The number of anilines is 1. The van der Waals surface area contributed by atoms with E-state index in [9.17, 15) is 13.2 Å². The second kappa shape index (κ2) is 4.52. The third-order valence-corrected chi connectivity index (χ3v) is 3.31. The summed E-state index contributed by atoms with van der Waals surface area (Å²) in [6.45, 7) is 1.16. The summed E-state index contributed by atoms with van der Waals surface area (Å²) in [5.41, 5.74) is 7.73. The van der Waals surface area contributed by atoms with Gasteiger partial charge in [-0.3, -0.25) is 0 Å². The first kappa shape index (κ1) is 13.0. The monoisotopic (exact) mass is 282 g/mol. The summed E-state index contributed by atoms with van der Waals surface area (Å²) in [5, 5.41) is 3.07. The number of halogens is 3. The van der Waals surface area contributed by atoms with Crippen molar-refractivity contribution in [2.75, 3.05) is 12.3 Å². The van der Waals surface area contributed by atoms with Crippen LogP contribution in [0.15, 0.2) is 24.3 Å². The number of fused-ring (bicyclic) bond motifs is 1. The van der Waals surface area contributed by atoms with Crippen LogP contribution < -0.4 is 11.1 Å². The van der Waals surface area contributed by atoms with Gasteiger partial charge in [-0.1, -0.05) is 12.1 Å². The molecule has 1 aromatic heterocycles. The van der Waals surface area contributed by atoms with Gasteiger partial charge >= 0.3 is 6.18 Å². The van der Waals surface area contributed by atoms with Gasteiger partial charge in [-0.05, 0) is 12.1 Å². The summed E-state index contributed by atoms with van der Waals surface area (Å²) in [5.74, 6) is -0.833. The Morgan fingerprint density at radius 3 is 2.55 bits per heavy atom. The maximum absolute atomic E-state index is 13.0. The van der Waals surface area contributed by atoms with Gasteiger partial charge in [0.1, 0.15) is 0 Å². The molecule has 0 fully saturated rings. The van der Waals surface area contributed by atoms with Crippen molar-refractivity contribution in [2.45, 2.75) is 19.3 Å². The molecule has 2 heterocycles. The maximum atomic E-state index is 13.0. The summed E-state index contributed by atoms with van der Waals surface area (Å²) < 4.78 is 40.4. The third-order valence-electron chi connectivity index (χ3n) is 3.31. The van der Waals surface area contributed by atoms with Gasteiger partial charge in [0.05, 0.1) is 11.4 Å². The fourth-order valence-electron chi connectivity index (χ4n) is 2.39. The van der Waals surface area contributed by atoms with Gasteiger partial charge < -0.3 is 15.6 Å². The number of nitrogens with one attached hydrogen (secondary N) is 1. The largest absolute Gasteiger partial charge is 0.449 e. The summed E-state index contributed by atoms with van der Waals surface area (Å²) in [4.78, 5) is 3.82. The van der Waals surface area contributed by atoms with E-state index < -0.39 is 12.0 Å². The second-order valence-corrected chi connectivity index (χ2v) is 4.68. The minimum absolute atomic E-state index is 0.270. The molecule has 0 atom stereocenters. The number of benzene rings is 1. The van der Waals surface area contributed by atoms with Crippen LogP contribution in [-0.2, 0) is 19.3 Å². The van der Waals surface area contributed by atoms with Gasteiger partial charge in [-0.25, -0.2) is 4.98 Å². The van der Waals surface area contributed by atoms with E-state index in [0.29, 0.717) is 35.7 Å². The molecular formula is C13H13F3N4. The van der Waals surface area contributed by atoms with Crippen LogP contribution in [0.1, 0.15) is 11.5 Å². The molecule has 3 N–H and O–H groups in total. The van der Waals surface area contributed by atoms with Crippen LogP contribution in [0.25, 0.3) is 11.3 Å². The number of alkyl halides is 3. The van der Waals surface area contributed by atoms with Crippen LogP contribution in [0.3, 0.4) is 0 Å². The van der Waals surface area contributed by atoms with Crippen molar-refractivity contribution >= 4 is 5.69 Å². The molecule has 0 saturated carbocycles. The summed E-state index contributed by atoms with van der Waals surface area (Å²) in [6, 6.07) is 6.69. The van der Waals surface area contributed by atoms with Crippen LogP contribution in [0.4, 0.5) is 18.9 Å². The quantitative estimate of drug-likeness (QED) is 0.789. The average molecular weight is 282 g/mol. The van der Waals surface area contributed by atoms with E-state index in [4.69, 9.17) is 5.73 Å². The molecule has 0 amide bonds. The Morgan fingerprint density at radius 2 is 1.90 bits per heavy atom. The molecule has 0 unspecified atom stereocenters. The Bertz CT molecular complexity index is 628. The molecule has 1 aliphatic rings. The number of hydrogen-bond donors (Lipinski definition) is 2. The first-order chi connectivity index (χ1) is 9.47. The minimum atomic E-state index is -4.45. The average Bonchev–Trinajstić information content (AvgIpc) is 2.79. The van der Waals surface area contributed by atoms with E-state index in [1.165, 1.54) is 4.57 Å². The van der Waals surface area contributed by atoms with E-state index in [1.54, 1.807) is 24.3 Å². The molecular weight excluding hydrogens is 269 g/mol. The van der Waals surface area contributed by atoms with Crippen molar-refractivity contribution in [1.29, 1.82) is 0 Å². The molecule has 0 spiro atoms. The Labute approximate surface area is 113 Å². The first-order valence-electron chi connectivity index (χ1n) is 6.20. The fraction of sp³-hybridized carbons (Fsp3) is 0.308. The second-order valence-electron chi connectivity index (χ2n) is 4.68. The highest BCUT2D eigenvalue weighted by molar-refractivity contribution is 5.65. The van der Waals surface area contributed by atoms with E-state index in [1.807, 2.05) is 0 Å². The van der Waals surface area contributed by atoms with E-state index >= 15 is 0 Å². The molecule has 7 heteroatoms. The Morgan fingerprint density at radius 1 is 1.20 bits per heavy atom. The third kappa shape index (κ3) is 2.14. The van der Waals surface area contributed by atoms with Crippen LogP contribution in [0.2, 0.25) is 0 Å². The van der Waals surface area contributed by atoms with Crippen LogP contribution in [0.5, 0.6) is 0 Å². The lowest BCUT2D eigenvalue weighted by Crippen LogP contribution is -2.30. The van der Waals surface area contributed by atoms with Crippen molar-refractivity contribution in [3.8, 4) is 11.3 Å². The number of nitrogen functional groups attached to an aromatic ring is 1. The number of aromatic nitrogens is 2. The molecule has 0 bridgehead atoms. The zero-order valence-corrected chi connectivity index (χ0v) is 10.5. The molecule has 3 rings (SSSR count). The van der Waals surface area contributed by atoms with Crippen molar-refractivity contribution < 1.29 is 13.2 Å². The first-order valence-corrected chi connectivity index (χ1v) is 6.20. The molecule has 0 aliphatic carbocycles. The number of imidazole rings is 1. The fourth-order valence-corrected chi connectivity index (χ4v) is 2.39. The van der Waals surface area contributed by atoms with Crippen LogP contribution in [-0.4, -0.2) is 16.1 Å². The molecule has 106 valence electrons. The molecule has 1 aliphatic heterocycles. The molecule has 4 nitrogen and oxygen atoms in total. The van der Waals surface area contributed by atoms with Gasteiger partial charge in [0.2, 0.25) is 5.82 Å². The smallest absolute Gasteiger partial charge is 0.399 e. The van der Waals surface area contributed by atoms with E-state index in [-0.39, 0.29) is 6.54 Å². The van der Waals surface area contributed by atoms with Gasteiger partial charge in [-0.15, -0.1) is 0 Å². The standard InChI is InChI=1S/C13H13F3N4/c14-13(15,16)12-19-11(8-1-3-9(17)4-2-8)10-7-18-5-6-20(10)12/h1-4,18H,5-7,17H2. The molecule has 0 saturated heterocycles. The van der Waals surface area contributed by atoms with Gasteiger partial charge in [0.15, 0.2) is 0 Å². The van der Waals surface area contributed by atoms with E-state index in [2.05, 4.69) is 10.3 Å². The van der Waals surface area contributed by atoms with Crippen LogP contribution >= 0.6 is 0 Å². The van der Waals surface area contributed by atoms with Gasteiger partial charge in [0.25, 0.3) is 0 Å². The summed E-state index contributed by atoms with van der Waals surface area (Å²) in [7, 11) is 0. The van der Waals surface area contributed by atoms with Crippen molar-refractivity contribution in [2.24, 2.45) is 0 Å². The predicted octanol–water partition coefficient (Wildman–Crippen LogP) is 2.25. The topological polar surface area (TPSA) is 55.9 Å². The highest BCUT2D eigenvalue weighted by atomic mass is 19.4. The van der Waals surface area contributed by atoms with Crippen molar-refractivity contribution in [3.63, 3.8) is 0 Å². The molecule has 20 heavy (non-hydrogen) atoms. The van der Waals surface area contributed by atoms with E-state index in [0.717, 1.165) is 0 Å². The zero-order chi connectivity index (χ0) is 14.3. The molecule has 2 aromatic rings. The van der Waals surface area contributed by atoms with Crippen LogP contribution in [0, 0.1) is 0 Å².